The minimum absolute atomic E-state index is 0.630. The molecule has 11 heavy (non-hydrogen) atoms. The lowest BCUT2D eigenvalue weighted by atomic mass is 10.2. The predicted octanol–water partition coefficient (Wildman–Crippen LogP) is 2.11. The Bertz CT molecular complexity index is 335. The number of nitriles is 1. The Kier molecular flexibility index (Phi) is 2.55. The first kappa shape index (κ1) is 7.66. The highest BCUT2D eigenvalue weighted by molar-refractivity contribution is 6.30. The van der Waals surface area contributed by atoms with E-state index in [1.54, 1.807) is 24.3 Å². The zero-order valence-corrected chi connectivity index (χ0v) is 6.39. The summed E-state index contributed by atoms with van der Waals surface area (Å²) in [5, 5.41) is 10.7. The number of nitrogens with zero attached hydrogens (tertiary/aromatic N) is 1. The Balaban J connectivity index is 3.00. The van der Waals surface area contributed by atoms with Gasteiger partial charge in [0.2, 0.25) is 0 Å². The standard InChI is InChI=1S/C9H4ClN/c10-6-5-8-1-3-9(7-11)4-2-8/h1-4H. The number of hydrogen-bond acceptors (Lipinski definition) is 1. The van der Waals surface area contributed by atoms with E-state index < -0.39 is 0 Å². The molecule has 0 unspecified atom stereocenters. The summed E-state index contributed by atoms with van der Waals surface area (Å²) < 4.78 is 0. The Morgan fingerprint density at radius 2 is 1.64 bits per heavy atom. The van der Waals surface area contributed by atoms with E-state index in [0.29, 0.717) is 5.56 Å². The molecule has 2 heteroatoms. The molecule has 0 radical (unpaired) electrons. The molecule has 0 spiro atoms. The number of benzene rings is 1. The van der Waals surface area contributed by atoms with Gasteiger partial charge in [0.05, 0.1) is 11.6 Å². The molecule has 0 N–H and O–H groups in total. The van der Waals surface area contributed by atoms with Crippen LogP contribution in [-0.2, 0) is 0 Å². The summed E-state index contributed by atoms with van der Waals surface area (Å²) in [5.41, 5.74) is 1.45. The van der Waals surface area contributed by atoms with Crippen LogP contribution in [0.15, 0.2) is 24.3 Å². The molecule has 0 aliphatic rings. The second kappa shape index (κ2) is 3.66. The predicted molar refractivity (Wildman–Crippen MR) is 43.9 cm³/mol. The third kappa shape index (κ3) is 2.00. The third-order valence-electron chi connectivity index (χ3n) is 1.21. The second-order valence-corrected chi connectivity index (χ2v) is 2.10. The van der Waals surface area contributed by atoms with Gasteiger partial charge in [-0.3, -0.25) is 0 Å². The molecule has 0 saturated heterocycles. The average molecular weight is 162 g/mol. The summed E-state index contributed by atoms with van der Waals surface area (Å²) in [4.78, 5) is 0. The number of rotatable bonds is 0. The van der Waals surface area contributed by atoms with Gasteiger partial charge in [-0.25, -0.2) is 0 Å². The molecule has 0 fully saturated rings. The lowest BCUT2D eigenvalue weighted by molar-refractivity contribution is 1.48. The van der Waals surface area contributed by atoms with Crippen LogP contribution in [0, 0.1) is 22.6 Å². The zero-order valence-electron chi connectivity index (χ0n) is 5.63. The van der Waals surface area contributed by atoms with Crippen LogP contribution in [0.2, 0.25) is 0 Å². The third-order valence-corrected chi connectivity index (χ3v) is 1.30. The first-order valence-electron chi connectivity index (χ1n) is 2.98. The molecule has 1 nitrogen and oxygen atoms in total. The molecule has 0 amide bonds. The smallest absolute Gasteiger partial charge is 0.0991 e. The molecule has 0 atom stereocenters. The van der Waals surface area contributed by atoms with Crippen molar-refractivity contribution in [2.24, 2.45) is 0 Å². The molecule has 1 rings (SSSR count). The molecular formula is C9H4ClN. The fourth-order valence-corrected chi connectivity index (χ4v) is 0.792. The summed E-state index contributed by atoms with van der Waals surface area (Å²) in [6.45, 7) is 0. The van der Waals surface area contributed by atoms with Crippen LogP contribution in [0.1, 0.15) is 11.1 Å². The van der Waals surface area contributed by atoms with E-state index in [1.165, 1.54) is 0 Å². The van der Waals surface area contributed by atoms with Crippen LogP contribution in [0.3, 0.4) is 0 Å². The first-order valence-corrected chi connectivity index (χ1v) is 3.36. The van der Waals surface area contributed by atoms with Crippen molar-refractivity contribution in [2.45, 2.75) is 0 Å². The van der Waals surface area contributed by atoms with Crippen molar-refractivity contribution < 1.29 is 0 Å². The molecule has 0 aromatic heterocycles. The molecule has 0 saturated carbocycles. The number of hydrogen-bond donors (Lipinski definition) is 0. The van der Waals surface area contributed by atoms with Crippen molar-refractivity contribution in [3.05, 3.63) is 35.4 Å². The van der Waals surface area contributed by atoms with Crippen LogP contribution in [-0.4, -0.2) is 0 Å². The molecule has 0 bridgehead atoms. The van der Waals surface area contributed by atoms with E-state index in [1.807, 2.05) is 6.07 Å². The van der Waals surface area contributed by atoms with Gasteiger partial charge in [-0.1, -0.05) is 0 Å². The fourth-order valence-electron chi connectivity index (χ4n) is 0.683. The van der Waals surface area contributed by atoms with Gasteiger partial charge in [0.25, 0.3) is 0 Å². The van der Waals surface area contributed by atoms with Gasteiger partial charge in [0.1, 0.15) is 0 Å². The Labute approximate surface area is 70.2 Å². The summed E-state index contributed by atoms with van der Waals surface area (Å²) >= 11 is 5.18. The van der Waals surface area contributed by atoms with Crippen LogP contribution in [0.5, 0.6) is 0 Å². The quantitative estimate of drug-likeness (QED) is 0.535. The van der Waals surface area contributed by atoms with Gasteiger partial charge in [0, 0.05) is 10.9 Å². The number of halogens is 1. The normalized spacial score (nSPS) is 7.64. The molecule has 0 heterocycles. The summed E-state index contributed by atoms with van der Waals surface area (Å²) in [5.74, 6) is 2.66. The lowest BCUT2D eigenvalue weighted by Gasteiger charge is -1.87. The van der Waals surface area contributed by atoms with Crippen LogP contribution >= 0.6 is 11.6 Å². The minimum atomic E-state index is 0.630. The summed E-state index contributed by atoms with van der Waals surface area (Å²) in [6.07, 6.45) is 0. The van der Waals surface area contributed by atoms with Crippen molar-refractivity contribution in [3.8, 4) is 17.4 Å². The van der Waals surface area contributed by atoms with Gasteiger partial charge in [-0.05, 0) is 41.8 Å². The van der Waals surface area contributed by atoms with Crippen LogP contribution < -0.4 is 0 Å². The maximum Gasteiger partial charge on any atom is 0.0991 e. The highest BCUT2D eigenvalue weighted by Crippen LogP contribution is 2.01. The van der Waals surface area contributed by atoms with E-state index in [-0.39, 0.29) is 0 Å². The Morgan fingerprint density at radius 3 is 2.09 bits per heavy atom. The SMILES string of the molecule is N#Cc1ccc(C#CCl)cc1. The monoisotopic (exact) mass is 161 g/mol. The molecule has 0 aliphatic heterocycles. The van der Waals surface area contributed by atoms with Crippen molar-refractivity contribution in [2.75, 3.05) is 0 Å². The van der Waals surface area contributed by atoms with Crippen molar-refractivity contribution >= 4 is 11.6 Å². The highest BCUT2D eigenvalue weighted by atomic mass is 35.5. The van der Waals surface area contributed by atoms with E-state index >= 15 is 0 Å². The molecule has 1 aromatic carbocycles. The van der Waals surface area contributed by atoms with Crippen molar-refractivity contribution in [1.29, 1.82) is 5.26 Å². The largest absolute Gasteiger partial charge is 0.192 e. The average Bonchev–Trinajstić information content (AvgIpc) is 2.07. The Hall–Kier alpha value is -1.44. The molecule has 1 aromatic rings. The van der Waals surface area contributed by atoms with Gasteiger partial charge in [-0.15, -0.1) is 0 Å². The molecule has 52 valence electrons. The van der Waals surface area contributed by atoms with Gasteiger partial charge >= 0.3 is 0 Å². The fraction of sp³-hybridized carbons (Fsp3) is 0. The zero-order chi connectivity index (χ0) is 8.10. The topological polar surface area (TPSA) is 23.8 Å². The maximum absolute atomic E-state index is 8.45. The van der Waals surface area contributed by atoms with Gasteiger partial charge in [-0.2, -0.15) is 5.26 Å². The van der Waals surface area contributed by atoms with E-state index in [2.05, 4.69) is 11.3 Å². The van der Waals surface area contributed by atoms with Crippen molar-refractivity contribution in [1.82, 2.24) is 0 Å². The van der Waals surface area contributed by atoms with Crippen LogP contribution in [0.4, 0.5) is 0 Å². The first-order chi connectivity index (χ1) is 5.36. The van der Waals surface area contributed by atoms with Gasteiger partial charge in [0.15, 0.2) is 0 Å². The van der Waals surface area contributed by atoms with E-state index in [9.17, 15) is 0 Å². The maximum atomic E-state index is 8.45. The van der Waals surface area contributed by atoms with E-state index in [0.717, 1.165) is 5.56 Å². The summed E-state index contributed by atoms with van der Waals surface area (Å²) in [7, 11) is 0. The highest BCUT2D eigenvalue weighted by Gasteiger charge is 1.87. The minimum Gasteiger partial charge on any atom is -0.192 e. The molecular weight excluding hydrogens is 158 g/mol. The lowest BCUT2D eigenvalue weighted by Crippen LogP contribution is -1.74. The second-order valence-electron chi connectivity index (χ2n) is 1.91. The van der Waals surface area contributed by atoms with Crippen LogP contribution in [0.25, 0.3) is 0 Å². The Morgan fingerprint density at radius 1 is 1.09 bits per heavy atom. The summed E-state index contributed by atoms with van der Waals surface area (Å²) in [6, 6.07) is 8.94. The van der Waals surface area contributed by atoms with E-state index in [4.69, 9.17) is 16.9 Å². The molecule has 0 aliphatic carbocycles. The van der Waals surface area contributed by atoms with Crippen molar-refractivity contribution in [3.63, 3.8) is 0 Å². The van der Waals surface area contributed by atoms with Gasteiger partial charge < -0.3 is 0 Å².